The van der Waals surface area contributed by atoms with Crippen molar-refractivity contribution < 1.29 is 0 Å². The molecular formula is C13H18BrN5S. The first-order valence-corrected chi connectivity index (χ1v) is 8.48. The third kappa shape index (κ3) is 2.89. The van der Waals surface area contributed by atoms with E-state index in [9.17, 15) is 0 Å². The Morgan fingerprint density at radius 1 is 1.50 bits per heavy atom. The number of nitrogens with two attached hydrogens (primary N) is 1. The molecule has 0 amide bonds. The highest BCUT2D eigenvalue weighted by Crippen LogP contribution is 2.28. The van der Waals surface area contributed by atoms with Crippen LogP contribution in [0.25, 0.3) is 11.4 Å². The van der Waals surface area contributed by atoms with Crippen molar-refractivity contribution in [1.29, 1.82) is 0 Å². The van der Waals surface area contributed by atoms with Crippen LogP contribution in [0.5, 0.6) is 0 Å². The lowest BCUT2D eigenvalue weighted by Gasteiger charge is -2.32. The second-order valence-electron chi connectivity index (χ2n) is 5.31. The van der Waals surface area contributed by atoms with E-state index >= 15 is 0 Å². The summed E-state index contributed by atoms with van der Waals surface area (Å²) in [5.74, 6) is 2.25. The number of H-pyrrole nitrogens is 1. The Labute approximate surface area is 130 Å². The van der Waals surface area contributed by atoms with E-state index < -0.39 is 0 Å². The maximum Gasteiger partial charge on any atom is 0.245 e. The van der Waals surface area contributed by atoms with Gasteiger partial charge in [-0.1, -0.05) is 0 Å². The van der Waals surface area contributed by atoms with Crippen LogP contribution in [0.15, 0.2) is 15.2 Å². The summed E-state index contributed by atoms with van der Waals surface area (Å²) in [6, 6.07) is 2.33. The van der Waals surface area contributed by atoms with E-state index in [0.29, 0.717) is 5.92 Å². The normalized spacial score (nSPS) is 18.4. The predicted octanol–water partition coefficient (Wildman–Crippen LogP) is 2.86. The van der Waals surface area contributed by atoms with Crippen molar-refractivity contribution in [2.24, 2.45) is 11.7 Å². The number of nitrogens with one attached hydrogen (secondary N) is 1. The number of rotatable bonds is 3. The molecule has 7 heteroatoms. The number of anilines is 1. The molecule has 3 heterocycles. The monoisotopic (exact) mass is 355 g/mol. The number of thiophene rings is 1. The van der Waals surface area contributed by atoms with Gasteiger partial charge in [0.25, 0.3) is 0 Å². The minimum atomic E-state index is 0.281. The summed E-state index contributed by atoms with van der Waals surface area (Å²) >= 11 is 5.12. The minimum Gasteiger partial charge on any atom is -0.340 e. The van der Waals surface area contributed by atoms with Crippen molar-refractivity contribution in [1.82, 2.24) is 15.2 Å². The molecule has 1 saturated heterocycles. The summed E-state index contributed by atoms with van der Waals surface area (Å²) in [4.78, 5) is 6.84. The largest absolute Gasteiger partial charge is 0.340 e. The third-order valence-electron chi connectivity index (χ3n) is 3.88. The zero-order valence-electron chi connectivity index (χ0n) is 11.3. The Kier molecular flexibility index (Phi) is 4.09. The number of halogens is 1. The fraction of sp³-hybridized carbons (Fsp3) is 0.538. The molecule has 1 fully saturated rings. The van der Waals surface area contributed by atoms with Gasteiger partial charge in [0.2, 0.25) is 5.95 Å². The molecule has 0 saturated carbocycles. The fourth-order valence-corrected chi connectivity index (χ4v) is 3.72. The van der Waals surface area contributed by atoms with Crippen molar-refractivity contribution >= 4 is 33.2 Å². The average Bonchev–Trinajstić information content (AvgIpc) is 3.07. The Bertz CT molecular complexity index is 571. The standard InChI is InChI=1S/C13H18BrN5S/c1-8(15)9-2-4-19(5-3-9)13-16-12(17-18-13)10-6-11(14)20-7-10/h6-9H,2-5,15H2,1H3,(H,16,17,18). The molecule has 0 aromatic carbocycles. The van der Waals surface area contributed by atoms with Crippen LogP contribution >= 0.6 is 27.3 Å². The first kappa shape index (κ1) is 14.0. The molecule has 0 spiro atoms. The van der Waals surface area contributed by atoms with Crippen LogP contribution in [0.4, 0.5) is 5.95 Å². The van der Waals surface area contributed by atoms with Gasteiger partial charge in [-0.15, -0.1) is 16.4 Å². The lowest BCUT2D eigenvalue weighted by Crippen LogP contribution is -2.40. The summed E-state index contributed by atoms with van der Waals surface area (Å²) in [5.41, 5.74) is 7.05. The highest BCUT2D eigenvalue weighted by Gasteiger charge is 2.24. The molecule has 2 aromatic heterocycles. The van der Waals surface area contributed by atoms with Crippen LogP contribution < -0.4 is 10.6 Å². The van der Waals surface area contributed by atoms with Gasteiger partial charge in [0.05, 0.1) is 3.79 Å². The zero-order valence-corrected chi connectivity index (χ0v) is 13.7. The first-order valence-electron chi connectivity index (χ1n) is 6.81. The van der Waals surface area contributed by atoms with Crippen LogP contribution in [0.1, 0.15) is 19.8 Å². The van der Waals surface area contributed by atoms with Gasteiger partial charge in [0, 0.05) is 30.1 Å². The molecular weight excluding hydrogens is 338 g/mol. The third-order valence-corrected chi connectivity index (χ3v) is 5.38. The molecule has 1 aliphatic heterocycles. The Hall–Kier alpha value is -0.920. The van der Waals surface area contributed by atoms with E-state index in [1.807, 2.05) is 0 Å². The van der Waals surface area contributed by atoms with Crippen LogP contribution in [0.2, 0.25) is 0 Å². The number of piperidine rings is 1. The molecule has 3 rings (SSSR count). The Balaban J connectivity index is 1.69. The Morgan fingerprint density at radius 3 is 2.85 bits per heavy atom. The topological polar surface area (TPSA) is 70.8 Å². The molecule has 3 N–H and O–H groups in total. The molecule has 0 radical (unpaired) electrons. The van der Waals surface area contributed by atoms with Gasteiger partial charge in [-0.3, -0.25) is 5.10 Å². The molecule has 108 valence electrons. The smallest absolute Gasteiger partial charge is 0.245 e. The van der Waals surface area contributed by atoms with Crippen LogP contribution in [0.3, 0.4) is 0 Å². The second kappa shape index (κ2) is 5.83. The molecule has 20 heavy (non-hydrogen) atoms. The van der Waals surface area contributed by atoms with E-state index in [4.69, 9.17) is 5.73 Å². The molecule has 1 atom stereocenters. The van der Waals surface area contributed by atoms with Crippen LogP contribution in [0, 0.1) is 5.92 Å². The summed E-state index contributed by atoms with van der Waals surface area (Å²) in [7, 11) is 0. The molecule has 1 aliphatic rings. The van der Waals surface area contributed by atoms with E-state index in [-0.39, 0.29) is 6.04 Å². The summed E-state index contributed by atoms with van der Waals surface area (Å²) in [6.45, 7) is 4.06. The van der Waals surface area contributed by atoms with E-state index in [2.05, 4.69) is 54.4 Å². The average molecular weight is 356 g/mol. The van der Waals surface area contributed by atoms with Gasteiger partial charge >= 0.3 is 0 Å². The number of hydrogen-bond acceptors (Lipinski definition) is 5. The number of aromatic amines is 1. The highest BCUT2D eigenvalue weighted by molar-refractivity contribution is 9.11. The van der Waals surface area contributed by atoms with E-state index in [1.54, 1.807) is 11.3 Å². The van der Waals surface area contributed by atoms with Gasteiger partial charge < -0.3 is 10.6 Å². The van der Waals surface area contributed by atoms with Crippen LogP contribution in [-0.4, -0.2) is 34.3 Å². The maximum atomic E-state index is 5.97. The second-order valence-corrected chi connectivity index (χ2v) is 7.60. The fourth-order valence-electron chi connectivity index (χ4n) is 2.58. The van der Waals surface area contributed by atoms with Gasteiger partial charge in [-0.25, -0.2) is 0 Å². The number of nitrogens with zero attached hydrogens (tertiary/aromatic N) is 3. The lowest BCUT2D eigenvalue weighted by atomic mass is 9.91. The highest BCUT2D eigenvalue weighted by atomic mass is 79.9. The van der Waals surface area contributed by atoms with Crippen LogP contribution in [-0.2, 0) is 0 Å². The molecule has 0 aliphatic carbocycles. The van der Waals surface area contributed by atoms with Crippen molar-refractivity contribution in [2.75, 3.05) is 18.0 Å². The predicted molar refractivity (Wildman–Crippen MR) is 86.0 cm³/mol. The number of aromatic nitrogens is 3. The summed E-state index contributed by atoms with van der Waals surface area (Å²) in [5, 5.41) is 9.43. The molecule has 5 nitrogen and oxygen atoms in total. The quantitative estimate of drug-likeness (QED) is 0.887. The summed E-state index contributed by atoms with van der Waals surface area (Å²) in [6.07, 6.45) is 2.23. The first-order chi connectivity index (χ1) is 9.63. The van der Waals surface area contributed by atoms with Gasteiger partial charge in [0.1, 0.15) is 0 Å². The molecule has 0 bridgehead atoms. The SMILES string of the molecule is CC(N)C1CCN(c2n[nH]c(-c3csc(Br)c3)n2)CC1. The zero-order chi connectivity index (χ0) is 14.1. The van der Waals surface area contributed by atoms with Crippen molar-refractivity contribution in [2.45, 2.75) is 25.8 Å². The van der Waals surface area contributed by atoms with Crippen molar-refractivity contribution in [3.63, 3.8) is 0 Å². The number of hydrogen-bond donors (Lipinski definition) is 2. The van der Waals surface area contributed by atoms with Gasteiger partial charge in [0.15, 0.2) is 5.82 Å². The van der Waals surface area contributed by atoms with Gasteiger partial charge in [-0.05, 0) is 47.7 Å². The van der Waals surface area contributed by atoms with E-state index in [1.165, 1.54) is 0 Å². The molecule has 1 unspecified atom stereocenters. The maximum absolute atomic E-state index is 5.97. The van der Waals surface area contributed by atoms with Crippen molar-refractivity contribution in [3.8, 4) is 11.4 Å². The van der Waals surface area contributed by atoms with E-state index in [0.717, 1.165) is 47.1 Å². The van der Waals surface area contributed by atoms with Crippen molar-refractivity contribution in [3.05, 3.63) is 15.2 Å². The lowest BCUT2D eigenvalue weighted by molar-refractivity contribution is 0.352. The minimum absolute atomic E-state index is 0.281. The molecule has 2 aromatic rings. The van der Waals surface area contributed by atoms with Gasteiger partial charge in [-0.2, -0.15) is 4.98 Å². The summed E-state index contributed by atoms with van der Waals surface area (Å²) < 4.78 is 1.10. The Morgan fingerprint density at radius 2 is 2.25 bits per heavy atom.